The molecule has 0 saturated carbocycles. The summed E-state index contributed by atoms with van der Waals surface area (Å²) in [6, 6.07) is 8.91. The molecule has 0 aromatic heterocycles. The summed E-state index contributed by atoms with van der Waals surface area (Å²) in [5.41, 5.74) is 1.35. The van der Waals surface area contributed by atoms with Gasteiger partial charge in [-0.3, -0.25) is 0 Å². The van der Waals surface area contributed by atoms with Crippen LogP contribution in [-0.4, -0.2) is 32.4 Å². The Kier molecular flexibility index (Phi) is 7.53. The van der Waals surface area contributed by atoms with Gasteiger partial charge in [0, 0.05) is 6.04 Å². The van der Waals surface area contributed by atoms with E-state index in [1.54, 1.807) is 0 Å². The molecule has 0 saturated heterocycles. The summed E-state index contributed by atoms with van der Waals surface area (Å²) in [4.78, 5) is 0. The van der Waals surface area contributed by atoms with Crippen LogP contribution in [0.25, 0.3) is 0 Å². The zero-order valence-corrected chi connectivity index (χ0v) is 12.6. The van der Waals surface area contributed by atoms with Crippen LogP contribution in [0.2, 0.25) is 0 Å². The Morgan fingerprint density at radius 3 is 2.32 bits per heavy atom. The third-order valence-electron chi connectivity index (χ3n) is 3.09. The molecule has 1 aromatic rings. The van der Waals surface area contributed by atoms with Crippen molar-refractivity contribution >= 4 is 0 Å². The predicted octanol–water partition coefficient (Wildman–Crippen LogP) is 3.03. The Morgan fingerprint density at radius 1 is 1.05 bits per heavy atom. The van der Waals surface area contributed by atoms with Crippen molar-refractivity contribution in [3.8, 4) is 5.75 Å². The van der Waals surface area contributed by atoms with Crippen LogP contribution in [0, 0.1) is 0 Å². The Bertz CT molecular complexity index is 335. The topological polar surface area (TPSA) is 30.5 Å². The molecule has 0 aliphatic carbocycles. The highest BCUT2D eigenvalue weighted by atomic mass is 16.5. The first-order valence-corrected chi connectivity index (χ1v) is 7.12. The maximum atomic E-state index is 5.62. The van der Waals surface area contributed by atoms with Gasteiger partial charge < -0.3 is 14.8 Å². The maximum Gasteiger partial charge on any atom is 0.119 e. The summed E-state index contributed by atoms with van der Waals surface area (Å²) in [6.07, 6.45) is 2.51. The van der Waals surface area contributed by atoms with Gasteiger partial charge >= 0.3 is 0 Å². The number of hydrogen-bond donors (Lipinski definition) is 1. The van der Waals surface area contributed by atoms with E-state index < -0.39 is 0 Å². The van der Waals surface area contributed by atoms with Gasteiger partial charge in [-0.2, -0.15) is 0 Å². The summed E-state index contributed by atoms with van der Waals surface area (Å²) in [6.45, 7) is 7.50. The van der Waals surface area contributed by atoms with Gasteiger partial charge in [0.05, 0.1) is 12.7 Å². The van der Waals surface area contributed by atoms with E-state index in [4.69, 9.17) is 9.47 Å². The highest BCUT2D eigenvalue weighted by Crippen LogP contribution is 2.14. The van der Waals surface area contributed by atoms with Crippen LogP contribution in [0.1, 0.15) is 32.8 Å². The molecule has 3 nitrogen and oxygen atoms in total. The van der Waals surface area contributed by atoms with Crippen LogP contribution < -0.4 is 10.1 Å². The molecule has 3 heteroatoms. The first kappa shape index (κ1) is 16.0. The standard InChI is InChI=1S/C16H27NO2/c1-13(2)18-11-12-19-16-9-7-15(8-10-16)6-5-14(3)17-4/h7-10,13-14,17H,5-6,11-12H2,1-4H3. The van der Waals surface area contributed by atoms with Crippen LogP contribution in [0.4, 0.5) is 0 Å². The molecule has 0 bridgehead atoms. The maximum absolute atomic E-state index is 5.62. The fourth-order valence-electron chi connectivity index (χ4n) is 1.72. The second-order valence-electron chi connectivity index (χ2n) is 5.14. The number of benzene rings is 1. The summed E-state index contributed by atoms with van der Waals surface area (Å²) >= 11 is 0. The molecule has 108 valence electrons. The average molecular weight is 265 g/mol. The molecule has 1 unspecified atom stereocenters. The molecule has 0 heterocycles. The average Bonchev–Trinajstić information content (AvgIpc) is 2.42. The summed E-state index contributed by atoms with van der Waals surface area (Å²) < 4.78 is 11.1. The van der Waals surface area contributed by atoms with Gasteiger partial charge in [0.2, 0.25) is 0 Å². The van der Waals surface area contributed by atoms with Crippen molar-refractivity contribution in [1.29, 1.82) is 0 Å². The van der Waals surface area contributed by atoms with E-state index in [1.165, 1.54) is 5.56 Å². The number of rotatable bonds is 9. The van der Waals surface area contributed by atoms with E-state index in [2.05, 4.69) is 24.4 Å². The third kappa shape index (κ3) is 7.19. The minimum absolute atomic E-state index is 0.264. The van der Waals surface area contributed by atoms with Gasteiger partial charge in [0.15, 0.2) is 0 Å². The lowest BCUT2D eigenvalue weighted by molar-refractivity contribution is 0.0552. The first-order chi connectivity index (χ1) is 9.11. The van der Waals surface area contributed by atoms with E-state index in [1.807, 2.05) is 33.0 Å². The molecule has 19 heavy (non-hydrogen) atoms. The molecule has 1 atom stereocenters. The molecule has 1 rings (SSSR count). The lowest BCUT2D eigenvalue weighted by atomic mass is 10.1. The van der Waals surface area contributed by atoms with Crippen LogP contribution in [-0.2, 0) is 11.2 Å². The van der Waals surface area contributed by atoms with E-state index in [0.29, 0.717) is 19.3 Å². The van der Waals surface area contributed by atoms with E-state index in [-0.39, 0.29) is 6.10 Å². The molecule has 0 radical (unpaired) electrons. The molecule has 1 aromatic carbocycles. The largest absolute Gasteiger partial charge is 0.491 e. The van der Waals surface area contributed by atoms with Crippen molar-refractivity contribution in [2.45, 2.75) is 45.8 Å². The molecule has 0 amide bonds. The highest BCUT2D eigenvalue weighted by Gasteiger charge is 2.00. The number of hydrogen-bond acceptors (Lipinski definition) is 3. The molecule has 0 aliphatic rings. The van der Waals surface area contributed by atoms with Gasteiger partial charge in [-0.05, 0) is 58.4 Å². The van der Waals surface area contributed by atoms with Gasteiger partial charge in [0.25, 0.3) is 0 Å². The van der Waals surface area contributed by atoms with Crippen LogP contribution in [0.15, 0.2) is 24.3 Å². The second-order valence-corrected chi connectivity index (χ2v) is 5.14. The lowest BCUT2D eigenvalue weighted by Crippen LogP contribution is -2.21. The Balaban J connectivity index is 2.27. The SMILES string of the molecule is CNC(C)CCc1ccc(OCCOC(C)C)cc1. The molecular formula is C16H27NO2. The van der Waals surface area contributed by atoms with E-state index in [0.717, 1.165) is 18.6 Å². The monoisotopic (exact) mass is 265 g/mol. The van der Waals surface area contributed by atoms with Crippen molar-refractivity contribution in [3.05, 3.63) is 29.8 Å². The molecule has 0 spiro atoms. The van der Waals surface area contributed by atoms with Gasteiger partial charge in [0.1, 0.15) is 12.4 Å². The van der Waals surface area contributed by atoms with Crippen molar-refractivity contribution in [2.75, 3.05) is 20.3 Å². The van der Waals surface area contributed by atoms with Crippen molar-refractivity contribution in [3.63, 3.8) is 0 Å². The Hall–Kier alpha value is -1.06. The smallest absolute Gasteiger partial charge is 0.119 e. The fraction of sp³-hybridized carbons (Fsp3) is 0.625. The van der Waals surface area contributed by atoms with Crippen LogP contribution >= 0.6 is 0 Å². The number of aryl methyl sites for hydroxylation is 1. The highest BCUT2D eigenvalue weighted by molar-refractivity contribution is 5.27. The Morgan fingerprint density at radius 2 is 1.74 bits per heavy atom. The zero-order chi connectivity index (χ0) is 14.1. The van der Waals surface area contributed by atoms with Crippen molar-refractivity contribution in [1.82, 2.24) is 5.32 Å². The van der Waals surface area contributed by atoms with E-state index in [9.17, 15) is 0 Å². The quantitative estimate of drug-likeness (QED) is 0.696. The fourth-order valence-corrected chi connectivity index (χ4v) is 1.72. The van der Waals surface area contributed by atoms with Crippen LogP contribution in [0.3, 0.4) is 0 Å². The third-order valence-corrected chi connectivity index (χ3v) is 3.09. The normalized spacial score (nSPS) is 12.7. The second kappa shape index (κ2) is 8.94. The van der Waals surface area contributed by atoms with E-state index >= 15 is 0 Å². The number of nitrogens with one attached hydrogen (secondary N) is 1. The molecule has 0 fully saturated rings. The molecule has 0 aliphatic heterocycles. The Labute approximate surface area is 117 Å². The minimum Gasteiger partial charge on any atom is -0.491 e. The summed E-state index contributed by atoms with van der Waals surface area (Å²) in [5.74, 6) is 0.915. The van der Waals surface area contributed by atoms with Crippen LogP contribution in [0.5, 0.6) is 5.75 Å². The number of ether oxygens (including phenoxy) is 2. The first-order valence-electron chi connectivity index (χ1n) is 7.12. The summed E-state index contributed by atoms with van der Waals surface area (Å²) in [5, 5.41) is 3.25. The zero-order valence-electron chi connectivity index (χ0n) is 12.6. The lowest BCUT2D eigenvalue weighted by Gasteiger charge is -2.11. The van der Waals surface area contributed by atoms with Gasteiger partial charge in [-0.1, -0.05) is 12.1 Å². The molecular weight excluding hydrogens is 238 g/mol. The predicted molar refractivity (Wildman–Crippen MR) is 79.9 cm³/mol. The van der Waals surface area contributed by atoms with Gasteiger partial charge in [-0.25, -0.2) is 0 Å². The van der Waals surface area contributed by atoms with Crippen molar-refractivity contribution in [2.24, 2.45) is 0 Å². The van der Waals surface area contributed by atoms with Gasteiger partial charge in [-0.15, -0.1) is 0 Å². The van der Waals surface area contributed by atoms with Crippen molar-refractivity contribution < 1.29 is 9.47 Å². The molecule has 1 N–H and O–H groups in total. The summed E-state index contributed by atoms with van der Waals surface area (Å²) in [7, 11) is 2.00. The minimum atomic E-state index is 0.264.